The summed E-state index contributed by atoms with van der Waals surface area (Å²) in [6.07, 6.45) is 0. The molecule has 0 amide bonds. The van der Waals surface area contributed by atoms with Crippen molar-refractivity contribution in [2.24, 2.45) is 0 Å². The van der Waals surface area contributed by atoms with Crippen LogP contribution < -0.4 is 0 Å². The second kappa shape index (κ2) is 4.29. The smallest absolute Gasteiger partial charge is 0.258 e. The number of nitro benzene ring substituents is 3. The molecule has 0 unspecified atom stereocenters. The molecule has 9 heteroatoms. The predicted molar refractivity (Wildman–Crippen MR) is 63.9 cm³/mol. The maximum atomic E-state index is 10.9. The van der Waals surface area contributed by atoms with E-state index >= 15 is 0 Å². The first-order chi connectivity index (χ1) is 8.90. The van der Waals surface area contributed by atoms with Gasteiger partial charge in [-0.3, -0.25) is 30.3 Å². The Labute approximate surface area is 104 Å². The average Bonchev–Trinajstić information content (AvgIpc) is 2.36. The maximum absolute atomic E-state index is 10.9. The van der Waals surface area contributed by atoms with Crippen LogP contribution in [0.15, 0.2) is 30.3 Å². The van der Waals surface area contributed by atoms with Crippen LogP contribution in [0, 0.1) is 30.3 Å². The molecule has 0 bridgehead atoms. The Morgan fingerprint density at radius 1 is 0.737 bits per heavy atom. The van der Waals surface area contributed by atoms with Crippen LogP contribution in [-0.4, -0.2) is 14.8 Å². The Morgan fingerprint density at radius 3 is 1.89 bits per heavy atom. The highest BCUT2D eigenvalue weighted by Crippen LogP contribution is 2.33. The third-order valence-electron chi connectivity index (χ3n) is 2.52. The lowest BCUT2D eigenvalue weighted by molar-refractivity contribution is -0.393. The highest BCUT2D eigenvalue weighted by molar-refractivity contribution is 5.94. The van der Waals surface area contributed by atoms with Gasteiger partial charge in [0.25, 0.3) is 17.1 Å². The van der Waals surface area contributed by atoms with Crippen molar-refractivity contribution in [3.05, 3.63) is 60.7 Å². The van der Waals surface area contributed by atoms with Crippen molar-refractivity contribution in [3.8, 4) is 0 Å². The average molecular weight is 263 g/mol. The minimum absolute atomic E-state index is 0.00944. The Bertz CT molecular complexity index is 727. The molecule has 9 nitrogen and oxygen atoms in total. The van der Waals surface area contributed by atoms with Crippen molar-refractivity contribution in [3.63, 3.8) is 0 Å². The summed E-state index contributed by atoms with van der Waals surface area (Å²) in [5.74, 6) is 0. The molecule has 0 heterocycles. The molecule has 0 saturated heterocycles. The van der Waals surface area contributed by atoms with E-state index in [0.29, 0.717) is 0 Å². The van der Waals surface area contributed by atoms with Crippen LogP contribution in [0.2, 0.25) is 0 Å². The van der Waals surface area contributed by atoms with Gasteiger partial charge in [0.1, 0.15) is 0 Å². The number of nitrogens with zero attached hydrogens (tertiary/aromatic N) is 3. The summed E-state index contributed by atoms with van der Waals surface area (Å²) in [6, 6.07) is 5.32. The van der Waals surface area contributed by atoms with Crippen molar-refractivity contribution < 1.29 is 14.8 Å². The van der Waals surface area contributed by atoms with E-state index in [9.17, 15) is 30.3 Å². The quantitative estimate of drug-likeness (QED) is 0.617. The molecule has 0 N–H and O–H groups in total. The molecular formula is C10H5N3O6. The molecule has 96 valence electrons. The van der Waals surface area contributed by atoms with E-state index in [2.05, 4.69) is 0 Å². The van der Waals surface area contributed by atoms with Gasteiger partial charge in [0.05, 0.1) is 26.2 Å². The van der Waals surface area contributed by atoms with E-state index in [0.717, 1.165) is 24.3 Å². The molecule has 2 aromatic carbocycles. The van der Waals surface area contributed by atoms with Crippen molar-refractivity contribution >= 4 is 27.8 Å². The Kier molecular flexibility index (Phi) is 2.79. The van der Waals surface area contributed by atoms with Crippen LogP contribution in [-0.2, 0) is 0 Å². The van der Waals surface area contributed by atoms with Gasteiger partial charge >= 0.3 is 0 Å². The van der Waals surface area contributed by atoms with Crippen LogP contribution in [0.1, 0.15) is 0 Å². The minimum Gasteiger partial charge on any atom is -0.258 e. The molecule has 0 fully saturated rings. The van der Waals surface area contributed by atoms with Crippen molar-refractivity contribution in [2.45, 2.75) is 0 Å². The van der Waals surface area contributed by atoms with Crippen LogP contribution >= 0.6 is 0 Å². The first-order valence-electron chi connectivity index (χ1n) is 4.91. The van der Waals surface area contributed by atoms with Crippen LogP contribution in [0.25, 0.3) is 10.8 Å². The van der Waals surface area contributed by atoms with Crippen molar-refractivity contribution in [2.75, 3.05) is 0 Å². The molecule has 0 spiro atoms. The molecule has 2 rings (SSSR count). The Morgan fingerprint density at radius 2 is 1.37 bits per heavy atom. The summed E-state index contributed by atoms with van der Waals surface area (Å²) >= 11 is 0. The lowest BCUT2D eigenvalue weighted by Crippen LogP contribution is -1.95. The zero-order valence-corrected chi connectivity index (χ0v) is 9.18. The zero-order chi connectivity index (χ0) is 14.2. The second-order valence-electron chi connectivity index (χ2n) is 3.64. The lowest BCUT2D eigenvalue weighted by atomic mass is 10.1. The van der Waals surface area contributed by atoms with Gasteiger partial charge in [-0.05, 0) is 11.5 Å². The van der Waals surface area contributed by atoms with Crippen LogP contribution in [0.4, 0.5) is 17.1 Å². The fourth-order valence-corrected chi connectivity index (χ4v) is 1.68. The molecule has 0 aliphatic heterocycles. The van der Waals surface area contributed by atoms with Gasteiger partial charge in [-0.1, -0.05) is 0 Å². The van der Waals surface area contributed by atoms with E-state index in [1.165, 1.54) is 6.07 Å². The van der Waals surface area contributed by atoms with E-state index in [-0.39, 0.29) is 16.5 Å². The van der Waals surface area contributed by atoms with Crippen LogP contribution in [0.3, 0.4) is 0 Å². The second-order valence-corrected chi connectivity index (χ2v) is 3.64. The number of rotatable bonds is 3. The lowest BCUT2D eigenvalue weighted by Gasteiger charge is -2.00. The summed E-state index contributed by atoms with van der Waals surface area (Å²) in [5.41, 5.74) is -1.29. The number of nitro groups is 3. The monoisotopic (exact) mass is 263 g/mol. The van der Waals surface area contributed by atoms with Gasteiger partial charge in [0.15, 0.2) is 0 Å². The number of fused-ring (bicyclic) bond motifs is 1. The Hall–Kier alpha value is -3.10. The molecule has 0 aliphatic carbocycles. The normalized spacial score (nSPS) is 10.3. The Balaban J connectivity index is 2.83. The molecule has 19 heavy (non-hydrogen) atoms. The predicted octanol–water partition coefficient (Wildman–Crippen LogP) is 2.56. The summed E-state index contributed by atoms with van der Waals surface area (Å²) in [5, 5.41) is 32.4. The van der Waals surface area contributed by atoms with Gasteiger partial charge in [0, 0.05) is 18.2 Å². The van der Waals surface area contributed by atoms with Crippen molar-refractivity contribution in [1.82, 2.24) is 0 Å². The molecule has 0 radical (unpaired) electrons. The SMILES string of the molecule is O=[N+]([O-])c1cc([N+](=O)[O-])c2cc([N+](=O)[O-])ccc2c1. The zero-order valence-electron chi connectivity index (χ0n) is 9.18. The number of hydrogen-bond donors (Lipinski definition) is 0. The minimum atomic E-state index is -0.806. The van der Waals surface area contributed by atoms with Gasteiger partial charge in [0.2, 0.25) is 0 Å². The summed E-state index contributed by atoms with van der Waals surface area (Å²) in [6.45, 7) is 0. The van der Waals surface area contributed by atoms with Crippen LogP contribution in [0.5, 0.6) is 0 Å². The first-order valence-corrected chi connectivity index (χ1v) is 4.91. The van der Waals surface area contributed by atoms with E-state index < -0.39 is 26.1 Å². The third-order valence-corrected chi connectivity index (χ3v) is 2.52. The fourth-order valence-electron chi connectivity index (χ4n) is 1.68. The summed E-state index contributed by atoms with van der Waals surface area (Å²) in [7, 11) is 0. The molecular weight excluding hydrogens is 258 g/mol. The highest BCUT2D eigenvalue weighted by atomic mass is 16.6. The molecule has 2 aromatic rings. The number of non-ortho nitro benzene ring substituents is 3. The number of hydrogen-bond acceptors (Lipinski definition) is 6. The molecule has 0 aromatic heterocycles. The fraction of sp³-hybridized carbons (Fsp3) is 0. The van der Waals surface area contributed by atoms with Crippen molar-refractivity contribution in [1.29, 1.82) is 0 Å². The summed E-state index contributed by atoms with van der Waals surface area (Å²) in [4.78, 5) is 29.9. The topological polar surface area (TPSA) is 129 Å². The highest BCUT2D eigenvalue weighted by Gasteiger charge is 2.21. The maximum Gasteiger partial charge on any atom is 0.284 e. The van der Waals surface area contributed by atoms with E-state index in [4.69, 9.17) is 0 Å². The third kappa shape index (κ3) is 2.16. The van der Waals surface area contributed by atoms with E-state index in [1.807, 2.05) is 0 Å². The van der Waals surface area contributed by atoms with Gasteiger partial charge in [-0.25, -0.2) is 0 Å². The largest absolute Gasteiger partial charge is 0.284 e. The first kappa shape index (κ1) is 12.4. The standard InChI is InChI=1S/C10H5N3O6/c14-11(15)7-2-1-6-3-8(12(16)17)5-10(13(18)19)9(6)4-7/h1-5H. The van der Waals surface area contributed by atoms with Gasteiger partial charge < -0.3 is 0 Å². The molecule has 0 saturated carbocycles. The number of benzene rings is 2. The van der Waals surface area contributed by atoms with E-state index in [1.54, 1.807) is 0 Å². The molecule has 0 aliphatic rings. The van der Waals surface area contributed by atoms with Gasteiger partial charge in [-0.2, -0.15) is 0 Å². The summed E-state index contributed by atoms with van der Waals surface area (Å²) < 4.78 is 0. The van der Waals surface area contributed by atoms with Gasteiger partial charge in [-0.15, -0.1) is 0 Å². The molecule has 0 atom stereocenters.